The maximum absolute atomic E-state index is 6.23. The molecule has 18 heavy (non-hydrogen) atoms. The van der Waals surface area contributed by atoms with Gasteiger partial charge in [-0.05, 0) is 48.9 Å². The van der Waals surface area contributed by atoms with Gasteiger partial charge in [-0.25, -0.2) is 0 Å². The van der Waals surface area contributed by atoms with Crippen molar-refractivity contribution in [3.05, 3.63) is 0 Å². The molecule has 0 N–H and O–H groups in total. The van der Waals surface area contributed by atoms with Crippen molar-refractivity contribution in [3.8, 4) is 0 Å². The van der Waals surface area contributed by atoms with Crippen LogP contribution >= 0.6 is 0 Å². The number of rotatable bonds is 3. The predicted octanol–water partition coefficient (Wildman–Crippen LogP) is 3.89. The Labute approximate surface area is 112 Å². The van der Waals surface area contributed by atoms with Crippen molar-refractivity contribution in [1.82, 2.24) is 0 Å². The van der Waals surface area contributed by atoms with E-state index in [1.54, 1.807) is 0 Å². The molecule has 0 aliphatic carbocycles. The SMILES string of the molecule is CC(C)C1CCC(C(C)(C)C2CCOCC2)OC1. The normalized spacial score (nSPS) is 31.8. The highest BCUT2D eigenvalue weighted by atomic mass is 16.5. The molecule has 2 aliphatic heterocycles. The highest BCUT2D eigenvalue weighted by Gasteiger charge is 2.40. The maximum atomic E-state index is 6.23. The lowest BCUT2D eigenvalue weighted by Crippen LogP contribution is -2.44. The van der Waals surface area contributed by atoms with Gasteiger partial charge in [0.1, 0.15) is 0 Å². The Morgan fingerprint density at radius 1 is 1.00 bits per heavy atom. The van der Waals surface area contributed by atoms with E-state index in [1.807, 2.05) is 0 Å². The van der Waals surface area contributed by atoms with Crippen LogP contribution in [0.2, 0.25) is 0 Å². The third kappa shape index (κ3) is 3.08. The van der Waals surface area contributed by atoms with Crippen LogP contribution in [-0.2, 0) is 9.47 Å². The average molecular weight is 254 g/mol. The van der Waals surface area contributed by atoms with Crippen LogP contribution in [0.5, 0.6) is 0 Å². The highest BCUT2D eigenvalue weighted by Crippen LogP contribution is 2.43. The molecular formula is C16H30O2. The average Bonchev–Trinajstić information content (AvgIpc) is 2.40. The van der Waals surface area contributed by atoms with Crippen molar-refractivity contribution in [2.24, 2.45) is 23.2 Å². The number of hydrogen-bond donors (Lipinski definition) is 0. The van der Waals surface area contributed by atoms with E-state index in [4.69, 9.17) is 9.47 Å². The minimum Gasteiger partial charge on any atom is -0.381 e. The van der Waals surface area contributed by atoms with E-state index in [9.17, 15) is 0 Å². The topological polar surface area (TPSA) is 18.5 Å². The van der Waals surface area contributed by atoms with E-state index in [0.717, 1.165) is 37.6 Å². The molecule has 0 amide bonds. The number of ether oxygens (including phenoxy) is 2. The summed E-state index contributed by atoms with van der Waals surface area (Å²) in [5.74, 6) is 2.30. The fourth-order valence-corrected chi connectivity index (χ4v) is 3.59. The van der Waals surface area contributed by atoms with Gasteiger partial charge < -0.3 is 9.47 Å². The van der Waals surface area contributed by atoms with Crippen molar-refractivity contribution in [1.29, 1.82) is 0 Å². The van der Waals surface area contributed by atoms with Gasteiger partial charge in [0.15, 0.2) is 0 Å². The zero-order chi connectivity index (χ0) is 13.2. The molecule has 2 fully saturated rings. The lowest BCUT2D eigenvalue weighted by atomic mass is 9.68. The minimum absolute atomic E-state index is 0.311. The molecule has 2 heterocycles. The van der Waals surface area contributed by atoms with Crippen LogP contribution in [0, 0.1) is 23.2 Å². The van der Waals surface area contributed by atoms with E-state index < -0.39 is 0 Å². The van der Waals surface area contributed by atoms with Crippen LogP contribution in [-0.4, -0.2) is 25.9 Å². The molecule has 2 nitrogen and oxygen atoms in total. The molecule has 0 aromatic rings. The van der Waals surface area contributed by atoms with Crippen LogP contribution < -0.4 is 0 Å². The molecule has 0 spiro atoms. The van der Waals surface area contributed by atoms with E-state index in [1.165, 1.54) is 25.7 Å². The van der Waals surface area contributed by atoms with Crippen LogP contribution in [0.3, 0.4) is 0 Å². The lowest BCUT2D eigenvalue weighted by Gasteiger charge is -2.45. The molecule has 0 saturated carbocycles. The first-order valence-electron chi connectivity index (χ1n) is 7.71. The molecule has 2 rings (SSSR count). The van der Waals surface area contributed by atoms with Crippen LogP contribution in [0.25, 0.3) is 0 Å². The van der Waals surface area contributed by atoms with Gasteiger partial charge in [0, 0.05) is 13.2 Å². The smallest absolute Gasteiger partial charge is 0.0628 e. The molecule has 2 unspecified atom stereocenters. The molecule has 0 bridgehead atoms. The van der Waals surface area contributed by atoms with Crippen LogP contribution in [0.15, 0.2) is 0 Å². The molecule has 106 valence electrons. The Kier molecular flexibility index (Phi) is 4.71. The molecule has 0 aromatic carbocycles. The second-order valence-corrected chi connectivity index (χ2v) is 7.11. The second-order valence-electron chi connectivity index (χ2n) is 7.11. The summed E-state index contributed by atoms with van der Waals surface area (Å²) < 4.78 is 11.7. The van der Waals surface area contributed by atoms with Gasteiger partial charge in [-0.15, -0.1) is 0 Å². The van der Waals surface area contributed by atoms with Crippen LogP contribution in [0.4, 0.5) is 0 Å². The first kappa shape index (κ1) is 14.3. The zero-order valence-corrected chi connectivity index (χ0v) is 12.6. The molecular weight excluding hydrogens is 224 g/mol. The van der Waals surface area contributed by atoms with Crippen molar-refractivity contribution in [2.75, 3.05) is 19.8 Å². The maximum Gasteiger partial charge on any atom is 0.0628 e. The summed E-state index contributed by atoms with van der Waals surface area (Å²) in [5, 5.41) is 0. The zero-order valence-electron chi connectivity index (χ0n) is 12.6. The van der Waals surface area contributed by atoms with Crippen molar-refractivity contribution in [3.63, 3.8) is 0 Å². The fraction of sp³-hybridized carbons (Fsp3) is 1.00. The van der Waals surface area contributed by atoms with Crippen molar-refractivity contribution < 1.29 is 9.47 Å². The van der Waals surface area contributed by atoms with Gasteiger partial charge in [-0.2, -0.15) is 0 Å². The summed E-state index contributed by atoms with van der Waals surface area (Å²) in [6.07, 6.45) is 5.46. The van der Waals surface area contributed by atoms with E-state index in [2.05, 4.69) is 27.7 Å². The molecule has 2 heteroatoms. The first-order chi connectivity index (χ1) is 8.51. The summed E-state index contributed by atoms with van der Waals surface area (Å²) >= 11 is 0. The summed E-state index contributed by atoms with van der Waals surface area (Å²) in [6, 6.07) is 0. The monoisotopic (exact) mass is 254 g/mol. The van der Waals surface area contributed by atoms with E-state index >= 15 is 0 Å². The third-order valence-electron chi connectivity index (χ3n) is 5.36. The Hall–Kier alpha value is -0.0800. The summed E-state index contributed by atoms with van der Waals surface area (Å²) in [5.41, 5.74) is 0.311. The Morgan fingerprint density at radius 2 is 1.67 bits per heavy atom. The molecule has 2 saturated heterocycles. The largest absolute Gasteiger partial charge is 0.381 e. The highest BCUT2D eigenvalue weighted by molar-refractivity contribution is 4.89. The van der Waals surface area contributed by atoms with Gasteiger partial charge in [0.2, 0.25) is 0 Å². The van der Waals surface area contributed by atoms with Gasteiger partial charge in [0.05, 0.1) is 12.7 Å². The van der Waals surface area contributed by atoms with Crippen molar-refractivity contribution >= 4 is 0 Å². The Bertz CT molecular complexity index is 246. The molecule has 2 atom stereocenters. The second kappa shape index (κ2) is 5.92. The summed E-state index contributed by atoms with van der Waals surface area (Å²) in [6.45, 7) is 12.3. The molecule has 0 radical (unpaired) electrons. The lowest BCUT2D eigenvalue weighted by molar-refractivity contribution is -0.117. The quantitative estimate of drug-likeness (QED) is 0.760. The van der Waals surface area contributed by atoms with Gasteiger partial charge in [-0.3, -0.25) is 0 Å². The van der Waals surface area contributed by atoms with Gasteiger partial charge >= 0.3 is 0 Å². The molecule has 0 aromatic heterocycles. The summed E-state index contributed by atoms with van der Waals surface area (Å²) in [4.78, 5) is 0. The predicted molar refractivity (Wildman–Crippen MR) is 74.6 cm³/mol. The van der Waals surface area contributed by atoms with E-state index in [-0.39, 0.29) is 0 Å². The van der Waals surface area contributed by atoms with E-state index in [0.29, 0.717) is 11.5 Å². The van der Waals surface area contributed by atoms with Crippen molar-refractivity contribution in [2.45, 2.75) is 59.5 Å². The van der Waals surface area contributed by atoms with Crippen LogP contribution in [0.1, 0.15) is 53.4 Å². The standard InChI is InChI=1S/C16H30O2/c1-12(2)13-5-6-15(18-11-13)16(3,4)14-7-9-17-10-8-14/h12-15H,5-11H2,1-4H3. The number of hydrogen-bond acceptors (Lipinski definition) is 2. The first-order valence-corrected chi connectivity index (χ1v) is 7.71. The Morgan fingerprint density at radius 3 is 2.17 bits per heavy atom. The van der Waals surface area contributed by atoms with Gasteiger partial charge in [0.25, 0.3) is 0 Å². The minimum atomic E-state index is 0.311. The fourth-order valence-electron chi connectivity index (χ4n) is 3.59. The summed E-state index contributed by atoms with van der Waals surface area (Å²) in [7, 11) is 0. The molecule has 2 aliphatic rings. The van der Waals surface area contributed by atoms with Gasteiger partial charge in [-0.1, -0.05) is 27.7 Å². The third-order valence-corrected chi connectivity index (χ3v) is 5.36. The Balaban J connectivity index is 1.90.